The van der Waals surface area contributed by atoms with Gasteiger partial charge in [-0.2, -0.15) is 0 Å². The lowest BCUT2D eigenvalue weighted by Gasteiger charge is -2.20. The first-order chi connectivity index (χ1) is 9.39. The fraction of sp³-hybridized carbons (Fsp3) is 0.625. The fourth-order valence-corrected chi connectivity index (χ4v) is 3.38. The van der Waals surface area contributed by atoms with Crippen molar-refractivity contribution >= 4 is 9.84 Å². The molecule has 0 aromatic heterocycles. The number of aryl methyl sites for hydroxylation is 2. The molecule has 0 radical (unpaired) electrons. The Morgan fingerprint density at radius 1 is 1.20 bits per heavy atom. The Bertz CT molecular complexity index is 523. The van der Waals surface area contributed by atoms with Crippen molar-refractivity contribution in [1.29, 1.82) is 0 Å². The third kappa shape index (κ3) is 5.25. The van der Waals surface area contributed by atoms with Gasteiger partial charge < -0.3 is 5.32 Å². The van der Waals surface area contributed by atoms with E-state index in [4.69, 9.17) is 0 Å². The van der Waals surface area contributed by atoms with Gasteiger partial charge in [-0.05, 0) is 44.4 Å². The second kappa shape index (κ2) is 7.79. The number of benzene rings is 1. The highest BCUT2D eigenvalue weighted by Crippen LogP contribution is 2.23. The smallest absolute Gasteiger partial charge is 0.150 e. The van der Waals surface area contributed by atoms with Gasteiger partial charge in [-0.25, -0.2) is 8.42 Å². The normalized spacial score (nSPS) is 13.4. The Hall–Kier alpha value is -0.870. The second-order valence-electron chi connectivity index (χ2n) is 5.35. The van der Waals surface area contributed by atoms with Crippen molar-refractivity contribution in [1.82, 2.24) is 5.32 Å². The predicted octanol–water partition coefficient (Wildman–Crippen LogP) is 3.17. The first-order valence-electron chi connectivity index (χ1n) is 7.40. The zero-order valence-corrected chi connectivity index (χ0v) is 13.9. The number of hydrogen-bond acceptors (Lipinski definition) is 3. The van der Waals surface area contributed by atoms with Gasteiger partial charge in [0.25, 0.3) is 0 Å². The van der Waals surface area contributed by atoms with E-state index in [0.717, 1.165) is 13.0 Å². The van der Waals surface area contributed by atoms with Crippen molar-refractivity contribution in [2.75, 3.05) is 18.1 Å². The van der Waals surface area contributed by atoms with Crippen molar-refractivity contribution in [3.63, 3.8) is 0 Å². The predicted molar refractivity (Wildman–Crippen MR) is 85.9 cm³/mol. The summed E-state index contributed by atoms with van der Waals surface area (Å²) in [5.74, 6) is 0.527. The Morgan fingerprint density at radius 3 is 2.45 bits per heavy atom. The molecule has 0 aliphatic rings. The quantitative estimate of drug-likeness (QED) is 0.801. The molecule has 1 aromatic rings. The number of hydrogen-bond donors (Lipinski definition) is 1. The summed E-state index contributed by atoms with van der Waals surface area (Å²) in [6.45, 7) is 8.89. The summed E-state index contributed by atoms with van der Waals surface area (Å²) in [4.78, 5) is 0. The minimum absolute atomic E-state index is 0.239. The van der Waals surface area contributed by atoms with Crippen LogP contribution in [0.2, 0.25) is 0 Å². The third-order valence-corrected chi connectivity index (χ3v) is 5.43. The number of sulfone groups is 1. The van der Waals surface area contributed by atoms with Gasteiger partial charge in [0, 0.05) is 11.8 Å². The van der Waals surface area contributed by atoms with E-state index >= 15 is 0 Å². The summed E-state index contributed by atoms with van der Waals surface area (Å²) in [7, 11) is -2.86. The highest BCUT2D eigenvalue weighted by Gasteiger charge is 2.14. The average molecular weight is 297 g/mol. The highest BCUT2D eigenvalue weighted by atomic mass is 32.2. The second-order valence-corrected chi connectivity index (χ2v) is 7.82. The summed E-state index contributed by atoms with van der Waals surface area (Å²) in [6.07, 6.45) is 1.57. The van der Waals surface area contributed by atoms with E-state index in [2.05, 4.69) is 44.3 Å². The Morgan fingerprint density at radius 2 is 1.90 bits per heavy atom. The van der Waals surface area contributed by atoms with E-state index in [0.29, 0.717) is 6.42 Å². The third-order valence-electron chi connectivity index (χ3n) is 3.64. The molecule has 0 spiro atoms. The topological polar surface area (TPSA) is 46.2 Å². The van der Waals surface area contributed by atoms with E-state index < -0.39 is 9.84 Å². The fourth-order valence-electron chi connectivity index (χ4n) is 2.48. The van der Waals surface area contributed by atoms with Gasteiger partial charge in [-0.15, -0.1) is 0 Å². The monoisotopic (exact) mass is 297 g/mol. The van der Waals surface area contributed by atoms with E-state index in [9.17, 15) is 8.42 Å². The molecule has 0 amide bonds. The Kier molecular flexibility index (Phi) is 6.69. The molecular weight excluding hydrogens is 270 g/mol. The van der Waals surface area contributed by atoms with Gasteiger partial charge in [0.2, 0.25) is 0 Å². The van der Waals surface area contributed by atoms with Crippen LogP contribution in [0.5, 0.6) is 0 Å². The largest absolute Gasteiger partial charge is 0.310 e. The molecule has 1 unspecified atom stereocenters. The average Bonchev–Trinajstić information content (AvgIpc) is 2.38. The summed E-state index contributed by atoms with van der Waals surface area (Å²) < 4.78 is 23.1. The van der Waals surface area contributed by atoms with Gasteiger partial charge in [0.1, 0.15) is 9.84 Å². The molecule has 4 heteroatoms. The maximum absolute atomic E-state index is 11.6. The van der Waals surface area contributed by atoms with E-state index in [1.165, 1.54) is 16.7 Å². The van der Waals surface area contributed by atoms with Gasteiger partial charge in [-0.1, -0.05) is 37.6 Å². The van der Waals surface area contributed by atoms with Crippen LogP contribution in [0.4, 0.5) is 0 Å². The van der Waals surface area contributed by atoms with Crippen molar-refractivity contribution in [3.8, 4) is 0 Å². The van der Waals surface area contributed by atoms with E-state index in [1.807, 2.05) is 0 Å². The summed E-state index contributed by atoms with van der Waals surface area (Å²) in [6, 6.07) is 6.71. The van der Waals surface area contributed by atoms with Crippen LogP contribution in [0.25, 0.3) is 0 Å². The van der Waals surface area contributed by atoms with Gasteiger partial charge in [0.15, 0.2) is 0 Å². The maximum Gasteiger partial charge on any atom is 0.150 e. The van der Waals surface area contributed by atoms with Crippen molar-refractivity contribution in [2.24, 2.45) is 0 Å². The summed E-state index contributed by atoms with van der Waals surface area (Å²) in [5, 5.41) is 3.47. The van der Waals surface area contributed by atoms with Crippen molar-refractivity contribution in [3.05, 3.63) is 34.9 Å². The van der Waals surface area contributed by atoms with Crippen LogP contribution in [0.1, 0.15) is 49.4 Å². The minimum Gasteiger partial charge on any atom is -0.310 e. The highest BCUT2D eigenvalue weighted by molar-refractivity contribution is 7.91. The van der Waals surface area contributed by atoms with Crippen LogP contribution in [0, 0.1) is 13.8 Å². The number of rotatable bonds is 8. The molecule has 1 rings (SSSR count). The molecule has 0 saturated carbocycles. The molecule has 3 nitrogen and oxygen atoms in total. The Labute approximate surface area is 123 Å². The van der Waals surface area contributed by atoms with Crippen LogP contribution in [-0.2, 0) is 9.84 Å². The molecule has 1 N–H and O–H groups in total. The van der Waals surface area contributed by atoms with Gasteiger partial charge in [0.05, 0.1) is 5.75 Å². The molecule has 0 aliphatic carbocycles. The molecule has 20 heavy (non-hydrogen) atoms. The lowest BCUT2D eigenvalue weighted by molar-refractivity contribution is 0.504. The first-order valence-corrected chi connectivity index (χ1v) is 9.22. The van der Waals surface area contributed by atoms with Crippen molar-refractivity contribution < 1.29 is 8.42 Å². The lowest BCUT2D eigenvalue weighted by Crippen LogP contribution is -2.22. The molecule has 0 heterocycles. The van der Waals surface area contributed by atoms with Crippen LogP contribution >= 0.6 is 0 Å². The van der Waals surface area contributed by atoms with Gasteiger partial charge in [-0.3, -0.25) is 0 Å². The van der Waals surface area contributed by atoms with Crippen LogP contribution < -0.4 is 5.32 Å². The SMILES string of the molecule is CCNC(CCCS(=O)(=O)CC)c1ccc(C)cc1C. The van der Waals surface area contributed by atoms with Crippen molar-refractivity contribution in [2.45, 2.75) is 46.6 Å². The van der Waals surface area contributed by atoms with E-state index in [-0.39, 0.29) is 17.5 Å². The molecular formula is C16H27NO2S. The molecule has 0 bridgehead atoms. The van der Waals surface area contributed by atoms with Crippen LogP contribution in [0.3, 0.4) is 0 Å². The molecule has 1 atom stereocenters. The molecule has 114 valence electrons. The molecule has 1 aromatic carbocycles. The summed E-state index contributed by atoms with van der Waals surface area (Å²) >= 11 is 0. The lowest BCUT2D eigenvalue weighted by atomic mass is 9.96. The molecule has 0 saturated heterocycles. The molecule has 0 fully saturated rings. The number of nitrogens with one attached hydrogen (secondary N) is 1. The zero-order valence-electron chi connectivity index (χ0n) is 13.1. The van der Waals surface area contributed by atoms with Crippen LogP contribution in [0.15, 0.2) is 18.2 Å². The maximum atomic E-state index is 11.6. The zero-order chi connectivity index (χ0) is 15.2. The van der Waals surface area contributed by atoms with Gasteiger partial charge >= 0.3 is 0 Å². The summed E-state index contributed by atoms with van der Waals surface area (Å²) in [5.41, 5.74) is 3.82. The standard InChI is InChI=1S/C16H27NO2S/c1-5-17-16(8-7-11-20(18,19)6-2)15-10-9-13(3)12-14(15)4/h9-10,12,16-17H,5-8,11H2,1-4H3. The molecule has 0 aliphatic heterocycles. The minimum atomic E-state index is -2.86. The Balaban J connectivity index is 2.74. The van der Waals surface area contributed by atoms with Crippen LogP contribution in [-0.4, -0.2) is 26.5 Å². The first kappa shape index (κ1) is 17.2. The van der Waals surface area contributed by atoms with E-state index in [1.54, 1.807) is 6.92 Å².